The van der Waals surface area contributed by atoms with Crippen LogP contribution in [-0.4, -0.2) is 25.3 Å². The Bertz CT molecular complexity index is 781. The molecule has 4 nitrogen and oxygen atoms in total. The van der Waals surface area contributed by atoms with Gasteiger partial charge in [0.05, 0.1) is 7.11 Å². The Labute approximate surface area is 161 Å². The van der Waals surface area contributed by atoms with Crippen LogP contribution in [0.25, 0.3) is 0 Å². The molecule has 0 saturated heterocycles. The van der Waals surface area contributed by atoms with Crippen molar-refractivity contribution in [3.8, 4) is 17.2 Å². The maximum Gasteiger partial charge on any atom is 0.161 e. The van der Waals surface area contributed by atoms with Crippen molar-refractivity contribution in [3.05, 3.63) is 53.1 Å². The summed E-state index contributed by atoms with van der Waals surface area (Å²) < 4.78 is 17.1. The zero-order chi connectivity index (χ0) is 19.3. The molecule has 0 saturated carbocycles. The Morgan fingerprint density at radius 1 is 0.962 bits per heavy atom. The van der Waals surface area contributed by atoms with Gasteiger partial charge in [0.25, 0.3) is 0 Å². The molecule has 0 aliphatic rings. The average Bonchev–Trinajstić information content (AvgIpc) is 2.58. The standard InChI is InChI=1S/C21H27NO3S/c1-14-6-8-17(16(12-14)21(2,3)4)24-10-11-25-18-9-7-15(20(22)26)13-19(18)23-5/h6-9,12-13H,10-11H2,1-5H3,(H2,22,26). The smallest absolute Gasteiger partial charge is 0.161 e. The number of hydrogen-bond acceptors (Lipinski definition) is 4. The molecule has 0 spiro atoms. The molecule has 0 atom stereocenters. The van der Waals surface area contributed by atoms with E-state index in [9.17, 15) is 0 Å². The van der Waals surface area contributed by atoms with Gasteiger partial charge in [-0.15, -0.1) is 0 Å². The lowest BCUT2D eigenvalue weighted by molar-refractivity contribution is 0.208. The lowest BCUT2D eigenvalue weighted by atomic mass is 9.85. The highest BCUT2D eigenvalue weighted by molar-refractivity contribution is 7.80. The van der Waals surface area contributed by atoms with Gasteiger partial charge in [-0.05, 0) is 42.2 Å². The number of methoxy groups -OCH3 is 1. The maximum atomic E-state index is 5.97. The van der Waals surface area contributed by atoms with Gasteiger partial charge in [0.1, 0.15) is 24.0 Å². The van der Waals surface area contributed by atoms with E-state index in [0.29, 0.717) is 29.7 Å². The number of nitrogens with two attached hydrogens (primary N) is 1. The number of ether oxygens (including phenoxy) is 3. The minimum atomic E-state index is 0.0158. The van der Waals surface area contributed by atoms with Crippen LogP contribution in [0.15, 0.2) is 36.4 Å². The Balaban J connectivity index is 2.01. The highest BCUT2D eigenvalue weighted by Gasteiger charge is 2.19. The molecule has 0 aliphatic heterocycles. The van der Waals surface area contributed by atoms with E-state index in [1.165, 1.54) is 11.1 Å². The summed E-state index contributed by atoms with van der Waals surface area (Å²) >= 11 is 4.99. The molecular formula is C21H27NO3S. The first kappa shape index (κ1) is 20.0. The average molecular weight is 374 g/mol. The summed E-state index contributed by atoms with van der Waals surface area (Å²) in [4.78, 5) is 0.326. The largest absolute Gasteiger partial charge is 0.493 e. The van der Waals surface area contributed by atoms with Gasteiger partial charge in [0.15, 0.2) is 11.5 Å². The first-order valence-electron chi connectivity index (χ1n) is 8.57. The summed E-state index contributed by atoms with van der Waals surface area (Å²) in [5.41, 5.74) is 8.82. The van der Waals surface area contributed by atoms with Crippen LogP contribution in [0.5, 0.6) is 17.2 Å². The van der Waals surface area contributed by atoms with Crippen molar-refractivity contribution >= 4 is 17.2 Å². The number of aryl methyl sites for hydroxylation is 1. The summed E-state index contributed by atoms with van der Waals surface area (Å²) in [6, 6.07) is 11.7. The van der Waals surface area contributed by atoms with Gasteiger partial charge in [-0.1, -0.05) is 50.7 Å². The van der Waals surface area contributed by atoms with E-state index in [2.05, 4.69) is 39.8 Å². The minimum Gasteiger partial charge on any atom is -0.493 e. The van der Waals surface area contributed by atoms with Crippen LogP contribution >= 0.6 is 12.2 Å². The molecule has 2 aromatic carbocycles. The molecule has 26 heavy (non-hydrogen) atoms. The molecular weight excluding hydrogens is 346 g/mol. The summed E-state index contributed by atoms with van der Waals surface area (Å²) in [6.07, 6.45) is 0. The van der Waals surface area contributed by atoms with Crippen molar-refractivity contribution in [1.29, 1.82) is 0 Å². The second-order valence-electron chi connectivity index (χ2n) is 7.18. The fraction of sp³-hybridized carbons (Fsp3) is 0.381. The van der Waals surface area contributed by atoms with Crippen LogP contribution in [0.3, 0.4) is 0 Å². The molecule has 140 valence electrons. The lowest BCUT2D eigenvalue weighted by Gasteiger charge is -2.23. The normalized spacial score (nSPS) is 11.1. The SMILES string of the molecule is COc1cc(C(N)=S)ccc1OCCOc1ccc(C)cc1C(C)(C)C. The van der Waals surface area contributed by atoms with Gasteiger partial charge >= 0.3 is 0 Å². The monoisotopic (exact) mass is 373 g/mol. The number of hydrogen-bond donors (Lipinski definition) is 1. The predicted octanol–water partition coefficient (Wildman–Crippen LogP) is 4.39. The third-order valence-corrected chi connectivity index (χ3v) is 4.23. The maximum absolute atomic E-state index is 5.97. The number of benzene rings is 2. The molecule has 0 heterocycles. The highest BCUT2D eigenvalue weighted by Crippen LogP contribution is 2.32. The van der Waals surface area contributed by atoms with Crippen molar-refractivity contribution < 1.29 is 14.2 Å². The summed E-state index contributed by atoms with van der Waals surface area (Å²) in [5, 5.41) is 0. The van der Waals surface area contributed by atoms with Gasteiger partial charge in [0, 0.05) is 5.56 Å². The molecule has 0 aliphatic carbocycles. The Kier molecular flexibility index (Phi) is 6.48. The van der Waals surface area contributed by atoms with Crippen molar-refractivity contribution in [2.45, 2.75) is 33.1 Å². The van der Waals surface area contributed by atoms with Crippen molar-refractivity contribution in [2.75, 3.05) is 20.3 Å². The van der Waals surface area contributed by atoms with Gasteiger partial charge in [0.2, 0.25) is 0 Å². The van der Waals surface area contributed by atoms with Crippen LogP contribution in [0.4, 0.5) is 0 Å². The molecule has 0 radical (unpaired) electrons. The van der Waals surface area contributed by atoms with E-state index in [4.69, 9.17) is 32.2 Å². The van der Waals surface area contributed by atoms with E-state index >= 15 is 0 Å². The molecule has 2 aromatic rings. The fourth-order valence-electron chi connectivity index (χ4n) is 2.60. The Morgan fingerprint density at radius 3 is 2.15 bits per heavy atom. The van der Waals surface area contributed by atoms with Crippen LogP contribution in [0.1, 0.15) is 37.5 Å². The van der Waals surface area contributed by atoms with Crippen LogP contribution in [0, 0.1) is 6.92 Å². The van der Waals surface area contributed by atoms with Crippen LogP contribution < -0.4 is 19.9 Å². The quantitative estimate of drug-likeness (QED) is 0.576. The van der Waals surface area contributed by atoms with E-state index in [0.717, 1.165) is 11.3 Å². The predicted molar refractivity (Wildman–Crippen MR) is 110 cm³/mol. The first-order chi connectivity index (χ1) is 12.2. The van der Waals surface area contributed by atoms with E-state index in [1.807, 2.05) is 12.1 Å². The van der Waals surface area contributed by atoms with E-state index in [1.54, 1.807) is 19.2 Å². The highest BCUT2D eigenvalue weighted by atomic mass is 32.1. The second kappa shape index (κ2) is 8.41. The molecule has 2 N–H and O–H groups in total. The zero-order valence-corrected chi connectivity index (χ0v) is 16.9. The summed E-state index contributed by atoms with van der Waals surface area (Å²) in [6.45, 7) is 9.47. The minimum absolute atomic E-state index is 0.0158. The van der Waals surface area contributed by atoms with Gasteiger partial charge in [-0.3, -0.25) is 0 Å². The van der Waals surface area contributed by atoms with Gasteiger partial charge in [-0.25, -0.2) is 0 Å². The van der Waals surface area contributed by atoms with Crippen LogP contribution in [-0.2, 0) is 5.41 Å². The lowest BCUT2D eigenvalue weighted by Crippen LogP contribution is -2.16. The van der Waals surface area contributed by atoms with Crippen molar-refractivity contribution in [2.24, 2.45) is 5.73 Å². The molecule has 0 fully saturated rings. The van der Waals surface area contributed by atoms with Crippen molar-refractivity contribution in [3.63, 3.8) is 0 Å². The second-order valence-corrected chi connectivity index (χ2v) is 7.62. The third kappa shape index (κ3) is 5.11. The van der Waals surface area contributed by atoms with E-state index < -0.39 is 0 Å². The number of thiocarbonyl (C=S) groups is 1. The Hall–Kier alpha value is -2.27. The molecule has 0 amide bonds. The molecule has 2 rings (SSSR count). The molecule has 5 heteroatoms. The zero-order valence-electron chi connectivity index (χ0n) is 16.1. The fourth-order valence-corrected chi connectivity index (χ4v) is 2.73. The Morgan fingerprint density at radius 2 is 1.58 bits per heavy atom. The summed E-state index contributed by atoms with van der Waals surface area (Å²) in [5.74, 6) is 2.12. The third-order valence-electron chi connectivity index (χ3n) is 3.99. The van der Waals surface area contributed by atoms with Gasteiger partial charge < -0.3 is 19.9 Å². The van der Waals surface area contributed by atoms with Crippen LogP contribution in [0.2, 0.25) is 0 Å². The van der Waals surface area contributed by atoms with Crippen molar-refractivity contribution in [1.82, 2.24) is 0 Å². The first-order valence-corrected chi connectivity index (χ1v) is 8.98. The topological polar surface area (TPSA) is 53.7 Å². The molecule has 0 bridgehead atoms. The summed E-state index contributed by atoms with van der Waals surface area (Å²) in [7, 11) is 1.59. The van der Waals surface area contributed by atoms with E-state index in [-0.39, 0.29) is 5.41 Å². The van der Waals surface area contributed by atoms with Gasteiger partial charge in [-0.2, -0.15) is 0 Å². The molecule has 0 aromatic heterocycles. The molecule has 0 unspecified atom stereocenters. The number of rotatable bonds is 7.